The van der Waals surface area contributed by atoms with Crippen LogP contribution in [0.2, 0.25) is 0 Å². The van der Waals surface area contributed by atoms with Crippen LogP contribution in [0.3, 0.4) is 0 Å². The maximum Gasteiger partial charge on any atom is 0.223 e. The number of carbonyl (C=O) groups is 1. The van der Waals surface area contributed by atoms with E-state index in [1.165, 1.54) is 11.8 Å². The standard InChI is InChI=1S/C11H18N4OS/c1-8-5-12-3-4-15(8)7-10-6-13-11(17-10)14-9(2)16/h6,8,12H,3-5,7H2,1-2H3,(H,13,14,16). The number of anilines is 1. The molecule has 2 rings (SSSR count). The Morgan fingerprint density at radius 2 is 2.59 bits per heavy atom. The highest BCUT2D eigenvalue weighted by atomic mass is 32.1. The van der Waals surface area contributed by atoms with Gasteiger partial charge in [-0.2, -0.15) is 0 Å². The summed E-state index contributed by atoms with van der Waals surface area (Å²) in [6.45, 7) is 7.79. The van der Waals surface area contributed by atoms with Gasteiger partial charge in [0.1, 0.15) is 0 Å². The fraction of sp³-hybridized carbons (Fsp3) is 0.636. The molecule has 1 unspecified atom stereocenters. The summed E-state index contributed by atoms with van der Waals surface area (Å²) in [6.07, 6.45) is 1.85. The normalized spacial score (nSPS) is 21.4. The lowest BCUT2D eigenvalue weighted by atomic mass is 10.2. The highest BCUT2D eigenvalue weighted by molar-refractivity contribution is 7.15. The van der Waals surface area contributed by atoms with E-state index in [1.807, 2.05) is 6.20 Å². The Morgan fingerprint density at radius 1 is 1.76 bits per heavy atom. The highest BCUT2D eigenvalue weighted by Gasteiger charge is 2.18. The number of rotatable bonds is 3. The van der Waals surface area contributed by atoms with Crippen molar-refractivity contribution in [3.63, 3.8) is 0 Å². The minimum absolute atomic E-state index is 0.0681. The molecule has 0 aromatic carbocycles. The molecule has 1 aliphatic rings. The number of nitrogens with one attached hydrogen (secondary N) is 2. The van der Waals surface area contributed by atoms with E-state index in [9.17, 15) is 4.79 Å². The molecule has 94 valence electrons. The lowest BCUT2D eigenvalue weighted by Gasteiger charge is -2.33. The van der Waals surface area contributed by atoms with Crippen LogP contribution < -0.4 is 10.6 Å². The summed E-state index contributed by atoms with van der Waals surface area (Å²) < 4.78 is 0. The van der Waals surface area contributed by atoms with Gasteiger partial charge in [-0.3, -0.25) is 9.69 Å². The molecule has 2 heterocycles. The molecule has 0 spiro atoms. The average Bonchev–Trinajstić information content (AvgIpc) is 2.68. The number of nitrogens with zero attached hydrogens (tertiary/aromatic N) is 2. The van der Waals surface area contributed by atoms with Gasteiger partial charge in [-0.1, -0.05) is 0 Å². The van der Waals surface area contributed by atoms with Crippen LogP contribution in [0.4, 0.5) is 5.13 Å². The third-order valence-electron chi connectivity index (χ3n) is 2.83. The molecule has 1 aliphatic heterocycles. The van der Waals surface area contributed by atoms with Crippen LogP contribution in [-0.4, -0.2) is 41.5 Å². The van der Waals surface area contributed by atoms with Crippen LogP contribution >= 0.6 is 11.3 Å². The molecule has 17 heavy (non-hydrogen) atoms. The Labute approximate surface area is 105 Å². The van der Waals surface area contributed by atoms with Crippen molar-refractivity contribution < 1.29 is 4.79 Å². The highest BCUT2D eigenvalue weighted by Crippen LogP contribution is 2.20. The first-order chi connectivity index (χ1) is 8.15. The lowest BCUT2D eigenvalue weighted by Crippen LogP contribution is -2.49. The van der Waals surface area contributed by atoms with E-state index in [-0.39, 0.29) is 5.91 Å². The summed E-state index contributed by atoms with van der Waals surface area (Å²) in [4.78, 5) is 18.7. The number of carbonyl (C=O) groups excluding carboxylic acids is 1. The van der Waals surface area contributed by atoms with Gasteiger partial charge in [0.2, 0.25) is 5.91 Å². The number of piperazine rings is 1. The molecule has 2 N–H and O–H groups in total. The molecular weight excluding hydrogens is 236 g/mol. The molecule has 1 amide bonds. The average molecular weight is 254 g/mol. The van der Waals surface area contributed by atoms with Gasteiger partial charge < -0.3 is 10.6 Å². The minimum Gasteiger partial charge on any atom is -0.314 e. The van der Waals surface area contributed by atoms with Gasteiger partial charge in [0, 0.05) is 50.2 Å². The van der Waals surface area contributed by atoms with E-state index >= 15 is 0 Å². The minimum atomic E-state index is -0.0681. The summed E-state index contributed by atoms with van der Waals surface area (Å²) in [5.41, 5.74) is 0. The topological polar surface area (TPSA) is 57.3 Å². The molecule has 0 saturated carbocycles. The van der Waals surface area contributed by atoms with Crippen molar-refractivity contribution in [2.45, 2.75) is 26.4 Å². The molecule has 1 aromatic heterocycles. The zero-order valence-corrected chi connectivity index (χ0v) is 11.0. The van der Waals surface area contributed by atoms with Crippen LogP contribution in [0, 0.1) is 0 Å². The second-order valence-electron chi connectivity index (χ2n) is 4.34. The zero-order valence-electron chi connectivity index (χ0n) is 10.2. The monoisotopic (exact) mass is 254 g/mol. The second kappa shape index (κ2) is 5.57. The van der Waals surface area contributed by atoms with Gasteiger partial charge in [-0.05, 0) is 6.92 Å². The molecule has 1 fully saturated rings. The zero-order chi connectivity index (χ0) is 12.3. The number of aromatic nitrogens is 1. The van der Waals surface area contributed by atoms with E-state index in [0.29, 0.717) is 11.2 Å². The number of amides is 1. The quantitative estimate of drug-likeness (QED) is 0.841. The Morgan fingerprint density at radius 3 is 3.29 bits per heavy atom. The van der Waals surface area contributed by atoms with Crippen LogP contribution in [0.15, 0.2) is 6.20 Å². The maximum atomic E-state index is 10.9. The van der Waals surface area contributed by atoms with Gasteiger partial charge in [0.05, 0.1) is 0 Å². The molecule has 0 aliphatic carbocycles. The van der Waals surface area contributed by atoms with E-state index in [0.717, 1.165) is 26.2 Å². The maximum absolute atomic E-state index is 10.9. The lowest BCUT2D eigenvalue weighted by molar-refractivity contribution is -0.114. The van der Waals surface area contributed by atoms with Crippen molar-refractivity contribution >= 4 is 22.4 Å². The van der Waals surface area contributed by atoms with Crippen LogP contribution in [0.5, 0.6) is 0 Å². The van der Waals surface area contributed by atoms with Gasteiger partial charge in [-0.25, -0.2) is 4.98 Å². The Hall–Kier alpha value is -0.980. The van der Waals surface area contributed by atoms with Crippen molar-refractivity contribution in [1.29, 1.82) is 0 Å². The third kappa shape index (κ3) is 3.49. The molecule has 1 saturated heterocycles. The van der Waals surface area contributed by atoms with Gasteiger partial charge in [0.25, 0.3) is 0 Å². The molecule has 5 nitrogen and oxygen atoms in total. The van der Waals surface area contributed by atoms with E-state index in [1.54, 1.807) is 11.3 Å². The molecular formula is C11H18N4OS. The SMILES string of the molecule is CC(=O)Nc1ncc(CN2CCNCC2C)s1. The largest absolute Gasteiger partial charge is 0.314 e. The Kier molecular flexibility index (Phi) is 4.09. The predicted molar refractivity (Wildman–Crippen MR) is 69.2 cm³/mol. The van der Waals surface area contributed by atoms with Crippen LogP contribution in [0.1, 0.15) is 18.7 Å². The van der Waals surface area contributed by atoms with Crippen molar-refractivity contribution in [2.75, 3.05) is 25.0 Å². The van der Waals surface area contributed by atoms with Gasteiger partial charge in [0.15, 0.2) is 5.13 Å². The fourth-order valence-electron chi connectivity index (χ4n) is 1.91. The summed E-state index contributed by atoms with van der Waals surface area (Å²) in [7, 11) is 0. The van der Waals surface area contributed by atoms with Gasteiger partial charge >= 0.3 is 0 Å². The van der Waals surface area contributed by atoms with Crippen molar-refractivity contribution in [1.82, 2.24) is 15.2 Å². The van der Waals surface area contributed by atoms with Crippen molar-refractivity contribution in [2.24, 2.45) is 0 Å². The first-order valence-electron chi connectivity index (χ1n) is 5.82. The summed E-state index contributed by atoms with van der Waals surface area (Å²) in [6, 6.07) is 0.551. The van der Waals surface area contributed by atoms with Gasteiger partial charge in [-0.15, -0.1) is 11.3 Å². The Bertz CT molecular complexity index is 393. The summed E-state index contributed by atoms with van der Waals surface area (Å²) >= 11 is 1.55. The summed E-state index contributed by atoms with van der Waals surface area (Å²) in [5.74, 6) is -0.0681. The predicted octanol–water partition coefficient (Wildman–Crippen LogP) is 0.895. The van der Waals surface area contributed by atoms with E-state index in [2.05, 4.69) is 27.4 Å². The van der Waals surface area contributed by atoms with Crippen LogP contribution in [-0.2, 0) is 11.3 Å². The Balaban J connectivity index is 1.93. The number of hydrogen-bond acceptors (Lipinski definition) is 5. The van der Waals surface area contributed by atoms with Crippen LogP contribution in [0.25, 0.3) is 0 Å². The molecule has 1 aromatic rings. The molecule has 6 heteroatoms. The third-order valence-corrected chi connectivity index (χ3v) is 3.73. The van der Waals surface area contributed by atoms with Crippen molar-refractivity contribution in [3.8, 4) is 0 Å². The van der Waals surface area contributed by atoms with E-state index in [4.69, 9.17) is 0 Å². The second-order valence-corrected chi connectivity index (χ2v) is 5.45. The first-order valence-corrected chi connectivity index (χ1v) is 6.64. The van der Waals surface area contributed by atoms with Crippen molar-refractivity contribution in [3.05, 3.63) is 11.1 Å². The van der Waals surface area contributed by atoms with E-state index < -0.39 is 0 Å². The first kappa shape index (κ1) is 12.5. The molecule has 0 bridgehead atoms. The smallest absolute Gasteiger partial charge is 0.223 e. The molecule has 0 radical (unpaired) electrons. The fourth-order valence-corrected chi connectivity index (χ4v) is 2.79. The summed E-state index contributed by atoms with van der Waals surface area (Å²) in [5, 5.41) is 6.77. The number of thiazole rings is 1. The number of hydrogen-bond donors (Lipinski definition) is 2. The molecule has 1 atom stereocenters.